The van der Waals surface area contributed by atoms with E-state index in [2.05, 4.69) is 16.4 Å². The first-order valence-corrected chi connectivity index (χ1v) is 6.86. The van der Waals surface area contributed by atoms with Crippen LogP contribution < -0.4 is 5.32 Å². The molecule has 3 heteroatoms. The SMILES string of the molecule is OC12CCCCC1C(Cc1ccc[nH]1)NCC2. The molecule has 3 nitrogen and oxygen atoms in total. The molecule has 94 valence electrons. The fourth-order valence-corrected chi connectivity index (χ4v) is 3.70. The quantitative estimate of drug-likeness (QED) is 0.731. The average Bonchev–Trinajstić information content (AvgIpc) is 2.81. The maximum absolute atomic E-state index is 10.7. The van der Waals surface area contributed by atoms with Gasteiger partial charge < -0.3 is 15.4 Å². The van der Waals surface area contributed by atoms with E-state index in [9.17, 15) is 5.11 Å². The summed E-state index contributed by atoms with van der Waals surface area (Å²) in [5, 5.41) is 14.3. The molecular formula is C14H22N2O. The molecule has 0 bridgehead atoms. The van der Waals surface area contributed by atoms with Gasteiger partial charge in [-0.2, -0.15) is 0 Å². The summed E-state index contributed by atoms with van der Waals surface area (Å²) in [6.45, 7) is 0.957. The zero-order chi connectivity index (χ0) is 11.7. The molecule has 1 aromatic rings. The highest BCUT2D eigenvalue weighted by atomic mass is 16.3. The Hall–Kier alpha value is -0.800. The normalized spacial score (nSPS) is 37.7. The predicted octanol–water partition coefficient (Wildman–Crippen LogP) is 1.84. The summed E-state index contributed by atoms with van der Waals surface area (Å²) in [7, 11) is 0. The minimum Gasteiger partial charge on any atom is -0.389 e. The van der Waals surface area contributed by atoms with Gasteiger partial charge in [-0.25, -0.2) is 0 Å². The zero-order valence-electron chi connectivity index (χ0n) is 10.3. The number of aliphatic hydroxyl groups is 1. The molecule has 0 aromatic carbocycles. The fraction of sp³-hybridized carbons (Fsp3) is 0.714. The summed E-state index contributed by atoms with van der Waals surface area (Å²) in [5.41, 5.74) is 0.887. The van der Waals surface area contributed by atoms with Gasteiger partial charge in [-0.1, -0.05) is 12.8 Å². The topological polar surface area (TPSA) is 48.0 Å². The van der Waals surface area contributed by atoms with Crippen LogP contribution >= 0.6 is 0 Å². The van der Waals surface area contributed by atoms with Crippen molar-refractivity contribution in [3.63, 3.8) is 0 Å². The molecule has 1 aliphatic carbocycles. The van der Waals surface area contributed by atoms with Crippen molar-refractivity contribution in [3.05, 3.63) is 24.0 Å². The number of piperidine rings is 1. The van der Waals surface area contributed by atoms with E-state index in [4.69, 9.17) is 0 Å². The van der Waals surface area contributed by atoms with Crippen molar-refractivity contribution < 1.29 is 5.11 Å². The molecular weight excluding hydrogens is 212 g/mol. The number of rotatable bonds is 2. The third-order valence-corrected chi connectivity index (χ3v) is 4.62. The van der Waals surface area contributed by atoms with Crippen LogP contribution in [0.5, 0.6) is 0 Å². The van der Waals surface area contributed by atoms with Crippen LogP contribution in [-0.2, 0) is 6.42 Å². The van der Waals surface area contributed by atoms with E-state index in [0.29, 0.717) is 12.0 Å². The first kappa shape index (κ1) is 11.3. The minimum absolute atomic E-state index is 0.388. The molecule has 3 unspecified atom stereocenters. The second kappa shape index (κ2) is 4.46. The molecule has 3 atom stereocenters. The Morgan fingerprint density at radius 2 is 2.29 bits per heavy atom. The second-order valence-corrected chi connectivity index (χ2v) is 5.67. The molecule has 3 rings (SSSR count). The van der Waals surface area contributed by atoms with Crippen molar-refractivity contribution >= 4 is 0 Å². The first-order valence-electron chi connectivity index (χ1n) is 6.86. The highest BCUT2D eigenvalue weighted by Gasteiger charge is 2.45. The number of aromatic amines is 1. The van der Waals surface area contributed by atoms with Gasteiger partial charge in [-0.3, -0.25) is 0 Å². The Morgan fingerprint density at radius 1 is 1.35 bits per heavy atom. The van der Waals surface area contributed by atoms with Gasteiger partial charge in [0.1, 0.15) is 0 Å². The third-order valence-electron chi connectivity index (χ3n) is 4.62. The molecule has 1 aliphatic heterocycles. The van der Waals surface area contributed by atoms with Crippen LogP contribution in [-0.4, -0.2) is 28.3 Å². The lowest BCUT2D eigenvalue weighted by Crippen LogP contribution is -2.58. The molecule has 0 radical (unpaired) electrons. The molecule has 1 aromatic heterocycles. The highest BCUT2D eigenvalue weighted by molar-refractivity contribution is 5.09. The van der Waals surface area contributed by atoms with Crippen molar-refractivity contribution in [2.75, 3.05) is 6.54 Å². The molecule has 3 N–H and O–H groups in total. The number of fused-ring (bicyclic) bond motifs is 1. The van der Waals surface area contributed by atoms with Gasteiger partial charge in [0.05, 0.1) is 5.60 Å². The lowest BCUT2D eigenvalue weighted by molar-refractivity contribution is -0.0851. The first-order chi connectivity index (χ1) is 8.28. The van der Waals surface area contributed by atoms with Crippen molar-refractivity contribution in [2.24, 2.45) is 5.92 Å². The van der Waals surface area contributed by atoms with Crippen LogP contribution in [0.15, 0.2) is 18.3 Å². The van der Waals surface area contributed by atoms with Gasteiger partial charge in [0.2, 0.25) is 0 Å². The van der Waals surface area contributed by atoms with Gasteiger partial charge in [-0.05, 0) is 37.9 Å². The number of hydrogen-bond donors (Lipinski definition) is 3. The van der Waals surface area contributed by atoms with E-state index in [1.807, 2.05) is 12.3 Å². The third kappa shape index (κ3) is 2.14. The molecule has 1 saturated carbocycles. The molecule has 17 heavy (non-hydrogen) atoms. The van der Waals surface area contributed by atoms with Gasteiger partial charge in [0.15, 0.2) is 0 Å². The van der Waals surface area contributed by atoms with E-state index in [1.54, 1.807) is 0 Å². The van der Waals surface area contributed by atoms with E-state index < -0.39 is 0 Å². The number of nitrogens with one attached hydrogen (secondary N) is 2. The lowest BCUT2D eigenvalue weighted by atomic mass is 9.67. The Morgan fingerprint density at radius 3 is 3.12 bits per heavy atom. The number of H-pyrrole nitrogens is 1. The number of hydrogen-bond acceptors (Lipinski definition) is 2. The van der Waals surface area contributed by atoms with Crippen LogP contribution in [0.1, 0.15) is 37.8 Å². The summed E-state index contributed by atoms with van der Waals surface area (Å²) < 4.78 is 0. The van der Waals surface area contributed by atoms with Crippen molar-refractivity contribution in [1.82, 2.24) is 10.3 Å². The van der Waals surface area contributed by atoms with Gasteiger partial charge in [0.25, 0.3) is 0 Å². The summed E-state index contributed by atoms with van der Waals surface area (Å²) >= 11 is 0. The predicted molar refractivity (Wildman–Crippen MR) is 67.8 cm³/mol. The Bertz CT molecular complexity index is 358. The number of aromatic nitrogens is 1. The summed E-state index contributed by atoms with van der Waals surface area (Å²) in [5.74, 6) is 0.438. The summed E-state index contributed by atoms with van der Waals surface area (Å²) in [6, 6.07) is 4.62. The highest BCUT2D eigenvalue weighted by Crippen LogP contribution is 2.40. The van der Waals surface area contributed by atoms with Gasteiger partial charge >= 0.3 is 0 Å². The Kier molecular flexibility index (Phi) is 2.97. The molecule has 2 heterocycles. The summed E-state index contributed by atoms with van der Waals surface area (Å²) in [6.07, 6.45) is 8.57. The largest absolute Gasteiger partial charge is 0.389 e. The maximum atomic E-state index is 10.7. The fourth-order valence-electron chi connectivity index (χ4n) is 3.70. The van der Waals surface area contributed by atoms with Crippen LogP contribution in [0.2, 0.25) is 0 Å². The maximum Gasteiger partial charge on any atom is 0.0702 e. The minimum atomic E-state index is -0.388. The zero-order valence-corrected chi connectivity index (χ0v) is 10.3. The average molecular weight is 234 g/mol. The monoisotopic (exact) mass is 234 g/mol. The van der Waals surface area contributed by atoms with E-state index in [-0.39, 0.29) is 5.60 Å². The second-order valence-electron chi connectivity index (χ2n) is 5.67. The van der Waals surface area contributed by atoms with E-state index >= 15 is 0 Å². The van der Waals surface area contributed by atoms with Crippen LogP contribution in [0.4, 0.5) is 0 Å². The van der Waals surface area contributed by atoms with Crippen LogP contribution in [0.25, 0.3) is 0 Å². The van der Waals surface area contributed by atoms with E-state index in [0.717, 1.165) is 25.8 Å². The molecule has 1 saturated heterocycles. The van der Waals surface area contributed by atoms with Gasteiger partial charge in [0, 0.05) is 30.3 Å². The van der Waals surface area contributed by atoms with Crippen LogP contribution in [0, 0.1) is 5.92 Å². The Labute approximate surface area is 103 Å². The van der Waals surface area contributed by atoms with Crippen molar-refractivity contribution in [1.29, 1.82) is 0 Å². The smallest absolute Gasteiger partial charge is 0.0702 e. The van der Waals surface area contributed by atoms with E-state index in [1.165, 1.54) is 25.0 Å². The summed E-state index contributed by atoms with van der Waals surface area (Å²) in [4.78, 5) is 3.27. The molecule has 0 amide bonds. The molecule has 2 aliphatic rings. The molecule has 0 spiro atoms. The standard InChI is InChI=1S/C14H22N2O/c17-14-6-2-1-5-12(14)13(16-9-7-14)10-11-4-3-8-15-11/h3-4,8,12-13,15-17H,1-2,5-7,9-10H2. The lowest BCUT2D eigenvalue weighted by Gasteiger charge is -2.48. The Balaban J connectivity index is 1.75. The van der Waals surface area contributed by atoms with Crippen molar-refractivity contribution in [2.45, 2.75) is 50.2 Å². The van der Waals surface area contributed by atoms with Gasteiger partial charge in [-0.15, -0.1) is 0 Å². The van der Waals surface area contributed by atoms with Crippen molar-refractivity contribution in [3.8, 4) is 0 Å². The molecule has 2 fully saturated rings. The van der Waals surface area contributed by atoms with Crippen LogP contribution in [0.3, 0.4) is 0 Å².